The van der Waals surface area contributed by atoms with Gasteiger partial charge in [0.1, 0.15) is 0 Å². The van der Waals surface area contributed by atoms with Gasteiger partial charge in [0.2, 0.25) is 0 Å². The normalized spacial score (nSPS) is 11.3. The minimum atomic E-state index is -1.12. The Morgan fingerprint density at radius 2 is 1.79 bits per heavy atom. The second-order valence-electron chi connectivity index (χ2n) is 4.30. The third-order valence-electron chi connectivity index (χ3n) is 2.58. The molecule has 1 rings (SSSR count). The highest BCUT2D eigenvalue weighted by Crippen LogP contribution is 2.33. The fourth-order valence-corrected chi connectivity index (χ4v) is 2.00. The van der Waals surface area contributed by atoms with Gasteiger partial charge in [-0.25, -0.2) is 0 Å². The van der Waals surface area contributed by atoms with Crippen LogP contribution in [-0.2, 0) is 0 Å². The Hall–Kier alpha value is -1.01. The molecule has 0 atom stereocenters. The summed E-state index contributed by atoms with van der Waals surface area (Å²) in [7, 11) is 1.42. The average Bonchev–Trinajstić information content (AvgIpc) is 2.38. The number of hydrogen-bond acceptors (Lipinski definition) is 4. The summed E-state index contributed by atoms with van der Waals surface area (Å²) in [6.07, 6.45) is 0. The number of aliphatic hydroxyl groups is 2. The maximum Gasteiger partial charge on any atom is 0.251 e. The molecule has 0 aromatic heterocycles. The van der Waals surface area contributed by atoms with E-state index in [1.165, 1.54) is 26.2 Å². The van der Waals surface area contributed by atoms with Gasteiger partial charge < -0.3 is 20.3 Å². The number of rotatable bonds is 5. The minimum Gasteiger partial charge on any atom is -0.494 e. The number of ether oxygens (including phenoxy) is 1. The van der Waals surface area contributed by atoms with Crippen molar-refractivity contribution in [3.05, 3.63) is 27.7 Å². The lowest BCUT2D eigenvalue weighted by atomic mass is 10.0. The van der Waals surface area contributed by atoms with Crippen LogP contribution in [-0.4, -0.2) is 42.0 Å². The van der Waals surface area contributed by atoms with Gasteiger partial charge in [-0.3, -0.25) is 4.79 Å². The molecule has 3 N–H and O–H groups in total. The van der Waals surface area contributed by atoms with Crippen LogP contribution in [0.15, 0.2) is 12.1 Å². The SMILES string of the molecule is COc1c(Cl)cc(C(=O)NC(C)(CO)CO)cc1Cl. The van der Waals surface area contributed by atoms with Crippen molar-refractivity contribution in [2.45, 2.75) is 12.5 Å². The Kier molecular flexibility index (Phi) is 5.43. The molecule has 0 bridgehead atoms. The summed E-state index contributed by atoms with van der Waals surface area (Å²) in [6.45, 7) is 0.720. The lowest BCUT2D eigenvalue weighted by Crippen LogP contribution is -2.51. The van der Waals surface area contributed by atoms with Crippen LogP contribution in [0.25, 0.3) is 0 Å². The molecule has 1 amide bonds. The highest BCUT2D eigenvalue weighted by Gasteiger charge is 2.25. The van der Waals surface area contributed by atoms with Gasteiger partial charge in [0.25, 0.3) is 5.91 Å². The number of amides is 1. The zero-order chi connectivity index (χ0) is 14.6. The first-order valence-electron chi connectivity index (χ1n) is 5.44. The summed E-state index contributed by atoms with van der Waals surface area (Å²) in [4.78, 5) is 12.0. The predicted octanol–water partition coefficient (Wildman–Crippen LogP) is 1.48. The topological polar surface area (TPSA) is 78.8 Å². The maximum atomic E-state index is 12.0. The van der Waals surface area contributed by atoms with E-state index in [9.17, 15) is 4.79 Å². The standard InChI is InChI=1S/C12H15Cl2NO4/c1-12(5-16,6-17)15-11(18)7-3-8(13)10(19-2)9(14)4-7/h3-4,16-17H,5-6H2,1-2H3,(H,15,18). The van der Waals surface area contributed by atoms with Crippen LogP contribution in [0.5, 0.6) is 5.75 Å². The van der Waals surface area contributed by atoms with Crippen LogP contribution in [0.4, 0.5) is 0 Å². The number of aliphatic hydroxyl groups excluding tert-OH is 2. The number of nitrogens with one attached hydrogen (secondary N) is 1. The second kappa shape index (κ2) is 6.43. The van der Waals surface area contributed by atoms with Crippen molar-refractivity contribution in [3.63, 3.8) is 0 Å². The monoisotopic (exact) mass is 307 g/mol. The summed E-state index contributed by atoms with van der Waals surface area (Å²) < 4.78 is 4.98. The fraction of sp³-hybridized carbons (Fsp3) is 0.417. The van der Waals surface area contributed by atoms with Gasteiger partial charge in [-0.05, 0) is 19.1 Å². The molecule has 0 radical (unpaired) electrons. The molecule has 0 fully saturated rings. The van der Waals surface area contributed by atoms with Gasteiger partial charge in [0.15, 0.2) is 5.75 Å². The van der Waals surface area contributed by atoms with Crippen LogP contribution >= 0.6 is 23.2 Å². The van der Waals surface area contributed by atoms with Crippen LogP contribution in [0.1, 0.15) is 17.3 Å². The summed E-state index contributed by atoms with van der Waals surface area (Å²) in [5, 5.41) is 21.2. The molecule has 0 aliphatic rings. The van der Waals surface area contributed by atoms with E-state index in [4.69, 9.17) is 38.2 Å². The van der Waals surface area contributed by atoms with Crippen molar-refractivity contribution in [2.24, 2.45) is 0 Å². The molecule has 5 nitrogen and oxygen atoms in total. The number of hydrogen-bond donors (Lipinski definition) is 3. The Morgan fingerprint density at radius 3 is 2.16 bits per heavy atom. The van der Waals surface area contributed by atoms with E-state index in [2.05, 4.69) is 5.32 Å². The quantitative estimate of drug-likeness (QED) is 0.770. The Labute approximate surface area is 121 Å². The summed E-state index contributed by atoms with van der Waals surface area (Å²) >= 11 is 11.9. The Bertz CT molecular complexity index is 452. The smallest absolute Gasteiger partial charge is 0.251 e. The molecule has 0 spiro atoms. The third kappa shape index (κ3) is 3.73. The molecular weight excluding hydrogens is 293 g/mol. The van der Waals surface area contributed by atoms with E-state index in [0.717, 1.165) is 0 Å². The molecule has 106 valence electrons. The lowest BCUT2D eigenvalue weighted by molar-refractivity contribution is 0.0724. The molecule has 0 saturated carbocycles. The van der Waals surface area contributed by atoms with Gasteiger partial charge >= 0.3 is 0 Å². The van der Waals surface area contributed by atoms with Gasteiger partial charge in [-0.2, -0.15) is 0 Å². The van der Waals surface area contributed by atoms with Crippen molar-refractivity contribution in [2.75, 3.05) is 20.3 Å². The number of carbonyl (C=O) groups excluding carboxylic acids is 1. The molecule has 0 saturated heterocycles. The first-order valence-corrected chi connectivity index (χ1v) is 6.19. The van der Waals surface area contributed by atoms with Crippen molar-refractivity contribution < 1.29 is 19.7 Å². The lowest BCUT2D eigenvalue weighted by Gasteiger charge is -2.26. The van der Waals surface area contributed by atoms with E-state index in [1.807, 2.05) is 0 Å². The number of halogens is 2. The minimum absolute atomic E-state index is 0.204. The van der Waals surface area contributed by atoms with Crippen LogP contribution < -0.4 is 10.1 Å². The molecule has 0 unspecified atom stereocenters. The fourth-order valence-electron chi connectivity index (χ4n) is 1.36. The summed E-state index contributed by atoms with van der Waals surface area (Å²) in [5.74, 6) is -0.219. The first kappa shape index (κ1) is 16.0. The van der Waals surface area contributed by atoms with Crippen molar-refractivity contribution in [1.29, 1.82) is 0 Å². The summed E-state index contributed by atoms with van der Waals surface area (Å²) in [6, 6.07) is 2.80. The number of methoxy groups -OCH3 is 1. The van der Waals surface area contributed by atoms with Crippen molar-refractivity contribution in [3.8, 4) is 5.75 Å². The Balaban J connectivity index is 3.02. The van der Waals surface area contributed by atoms with Gasteiger partial charge in [0.05, 0.1) is 35.9 Å². The van der Waals surface area contributed by atoms with Crippen LogP contribution in [0, 0.1) is 0 Å². The molecule has 0 heterocycles. The first-order chi connectivity index (χ1) is 8.86. The largest absolute Gasteiger partial charge is 0.494 e. The van der Waals surface area contributed by atoms with Crippen LogP contribution in [0.3, 0.4) is 0 Å². The molecule has 7 heteroatoms. The molecule has 0 aliphatic heterocycles. The molecule has 1 aromatic rings. The van der Waals surface area contributed by atoms with Crippen LogP contribution in [0.2, 0.25) is 10.0 Å². The highest BCUT2D eigenvalue weighted by atomic mass is 35.5. The molecular formula is C12H15Cl2NO4. The predicted molar refractivity (Wildman–Crippen MR) is 73.1 cm³/mol. The number of carbonyl (C=O) groups is 1. The van der Waals surface area contributed by atoms with E-state index in [1.54, 1.807) is 0 Å². The van der Waals surface area contributed by atoms with Gasteiger partial charge in [-0.1, -0.05) is 23.2 Å². The van der Waals surface area contributed by atoms with Crippen molar-refractivity contribution >= 4 is 29.1 Å². The molecule has 1 aromatic carbocycles. The van der Waals surface area contributed by atoms with E-state index in [0.29, 0.717) is 0 Å². The zero-order valence-electron chi connectivity index (χ0n) is 10.5. The highest BCUT2D eigenvalue weighted by molar-refractivity contribution is 6.37. The molecule has 19 heavy (non-hydrogen) atoms. The zero-order valence-corrected chi connectivity index (χ0v) is 12.0. The number of benzene rings is 1. The second-order valence-corrected chi connectivity index (χ2v) is 5.12. The maximum absolute atomic E-state index is 12.0. The van der Waals surface area contributed by atoms with E-state index in [-0.39, 0.29) is 21.4 Å². The van der Waals surface area contributed by atoms with Crippen molar-refractivity contribution in [1.82, 2.24) is 5.32 Å². The Morgan fingerprint density at radius 1 is 1.32 bits per heavy atom. The van der Waals surface area contributed by atoms with E-state index >= 15 is 0 Å². The van der Waals surface area contributed by atoms with E-state index < -0.39 is 24.7 Å². The van der Waals surface area contributed by atoms with Gasteiger partial charge in [0, 0.05) is 5.56 Å². The van der Waals surface area contributed by atoms with Gasteiger partial charge in [-0.15, -0.1) is 0 Å². The average molecular weight is 308 g/mol. The third-order valence-corrected chi connectivity index (χ3v) is 3.14. The summed E-state index contributed by atoms with van der Waals surface area (Å²) in [5.41, 5.74) is -0.903. The molecule has 0 aliphatic carbocycles.